The van der Waals surface area contributed by atoms with Crippen molar-refractivity contribution >= 4 is 21.7 Å². The summed E-state index contributed by atoms with van der Waals surface area (Å²) >= 11 is 0. The van der Waals surface area contributed by atoms with Crippen LogP contribution in [0.2, 0.25) is 0 Å². The van der Waals surface area contributed by atoms with Gasteiger partial charge in [-0.3, -0.25) is 0 Å². The molecule has 0 spiro atoms. The van der Waals surface area contributed by atoms with Crippen molar-refractivity contribution < 1.29 is 0 Å². The Labute approximate surface area is 344 Å². The minimum atomic E-state index is -0.120. The lowest BCUT2D eigenvalue weighted by Crippen LogP contribution is -2.14. The number of aromatic nitrogens is 3. The maximum Gasteiger partial charge on any atom is 0.160 e. The zero-order valence-electron chi connectivity index (χ0n) is 32.9. The first-order valence-electron chi connectivity index (χ1n) is 20.3. The molecule has 0 aliphatic heterocycles. The second kappa shape index (κ2) is 13.9. The summed E-state index contributed by atoms with van der Waals surface area (Å²) in [6, 6.07) is 71.3. The van der Waals surface area contributed by atoms with E-state index in [2.05, 4.69) is 202 Å². The monoisotopic (exact) mass is 753 g/mol. The maximum atomic E-state index is 5.43. The van der Waals surface area contributed by atoms with E-state index in [1.165, 1.54) is 38.6 Å². The molecule has 0 radical (unpaired) electrons. The molecular formula is C56H39N3. The summed E-state index contributed by atoms with van der Waals surface area (Å²) in [5.41, 5.74) is 17.7. The molecule has 278 valence electrons. The van der Waals surface area contributed by atoms with E-state index in [4.69, 9.17) is 15.0 Å². The first-order valence-corrected chi connectivity index (χ1v) is 20.3. The molecule has 3 nitrogen and oxygen atoms in total. The molecule has 8 aromatic carbocycles. The highest BCUT2D eigenvalue weighted by Gasteiger charge is 2.36. The predicted octanol–water partition coefficient (Wildman–Crippen LogP) is 14.5. The largest absolute Gasteiger partial charge is 0.248 e. The Morgan fingerprint density at radius 1 is 0.322 bits per heavy atom. The second-order valence-electron chi connectivity index (χ2n) is 16.0. The Morgan fingerprint density at radius 2 is 0.915 bits per heavy atom. The predicted molar refractivity (Wildman–Crippen MR) is 245 cm³/mol. The zero-order chi connectivity index (χ0) is 39.5. The van der Waals surface area contributed by atoms with E-state index in [-0.39, 0.29) is 5.41 Å². The zero-order valence-corrected chi connectivity index (χ0v) is 32.9. The van der Waals surface area contributed by atoms with E-state index in [0.29, 0.717) is 5.82 Å². The fraction of sp³-hybridized carbons (Fsp3) is 0.0536. The van der Waals surface area contributed by atoms with Crippen molar-refractivity contribution in [2.24, 2.45) is 0 Å². The molecule has 0 saturated heterocycles. The van der Waals surface area contributed by atoms with Crippen molar-refractivity contribution in [3.8, 4) is 78.5 Å². The van der Waals surface area contributed by atoms with Crippen LogP contribution in [0.3, 0.4) is 0 Å². The van der Waals surface area contributed by atoms with Gasteiger partial charge in [0.15, 0.2) is 5.82 Å². The lowest BCUT2D eigenvalue weighted by molar-refractivity contribution is 0.661. The number of fused-ring (bicyclic) bond motifs is 5. The SMILES string of the molecule is CC1(C)c2ccccc2-c2cc3c(-c4ccc(-c5cccc(-c6nc(-c7ccccc7)cc(-c7ccccc7)n6)c5)cc4)cc(-c4cccc5ccccc45)nc3cc21. The molecule has 0 unspecified atom stereocenters. The standard InChI is InChI=1S/C56H39N3/c1-56(2)49-26-12-11-24-44(49)47-32-48-46(33-53(57-54(48)34-50(47)56)45-25-14-20-37-15-9-10-23-43(37)45)38-29-27-36(28-30-38)41-21-13-22-42(31-41)55-58-51(39-16-5-3-6-17-39)35-52(59-55)40-18-7-4-8-19-40/h3-35H,1-2H3. The van der Waals surface area contributed by atoms with Crippen LogP contribution in [0, 0.1) is 0 Å². The fourth-order valence-corrected chi connectivity index (χ4v) is 9.02. The number of pyridine rings is 1. The smallest absolute Gasteiger partial charge is 0.160 e. The van der Waals surface area contributed by atoms with E-state index in [9.17, 15) is 0 Å². The second-order valence-corrected chi connectivity index (χ2v) is 16.0. The van der Waals surface area contributed by atoms with Gasteiger partial charge in [0.1, 0.15) is 0 Å². The summed E-state index contributed by atoms with van der Waals surface area (Å²) in [5, 5.41) is 3.56. The van der Waals surface area contributed by atoms with Gasteiger partial charge in [0, 0.05) is 33.1 Å². The summed E-state index contributed by atoms with van der Waals surface area (Å²) in [6.07, 6.45) is 0. The Morgan fingerprint density at radius 3 is 1.68 bits per heavy atom. The highest BCUT2D eigenvalue weighted by atomic mass is 14.9. The van der Waals surface area contributed by atoms with E-state index >= 15 is 0 Å². The van der Waals surface area contributed by atoms with Crippen LogP contribution in [0.1, 0.15) is 25.0 Å². The minimum absolute atomic E-state index is 0.120. The van der Waals surface area contributed by atoms with Crippen LogP contribution in [-0.2, 0) is 5.41 Å². The van der Waals surface area contributed by atoms with Crippen LogP contribution in [0.4, 0.5) is 0 Å². The van der Waals surface area contributed by atoms with E-state index < -0.39 is 0 Å². The average Bonchev–Trinajstić information content (AvgIpc) is 3.53. The van der Waals surface area contributed by atoms with Crippen LogP contribution in [-0.4, -0.2) is 15.0 Å². The van der Waals surface area contributed by atoms with Crippen molar-refractivity contribution in [3.05, 3.63) is 211 Å². The summed E-state index contributed by atoms with van der Waals surface area (Å²) in [6.45, 7) is 4.67. The number of benzene rings is 8. The molecule has 0 saturated carbocycles. The van der Waals surface area contributed by atoms with Gasteiger partial charge in [-0.25, -0.2) is 15.0 Å². The van der Waals surface area contributed by atoms with Gasteiger partial charge in [-0.1, -0.05) is 184 Å². The minimum Gasteiger partial charge on any atom is -0.248 e. The van der Waals surface area contributed by atoms with E-state index in [0.717, 1.165) is 66.9 Å². The fourth-order valence-electron chi connectivity index (χ4n) is 9.02. The Kier molecular flexibility index (Phi) is 8.16. The summed E-state index contributed by atoms with van der Waals surface area (Å²) < 4.78 is 0. The Bertz CT molecular complexity index is 3160. The van der Waals surface area contributed by atoms with Crippen molar-refractivity contribution in [1.29, 1.82) is 0 Å². The van der Waals surface area contributed by atoms with Crippen LogP contribution < -0.4 is 0 Å². The van der Waals surface area contributed by atoms with E-state index in [1.54, 1.807) is 0 Å². The van der Waals surface area contributed by atoms with Crippen molar-refractivity contribution in [3.63, 3.8) is 0 Å². The van der Waals surface area contributed by atoms with Gasteiger partial charge in [-0.05, 0) is 85.6 Å². The first-order chi connectivity index (χ1) is 29.0. The molecule has 0 bridgehead atoms. The summed E-state index contributed by atoms with van der Waals surface area (Å²) in [5.74, 6) is 0.699. The van der Waals surface area contributed by atoms with Gasteiger partial charge >= 0.3 is 0 Å². The molecule has 11 rings (SSSR count). The Hall–Kier alpha value is -7.49. The summed E-state index contributed by atoms with van der Waals surface area (Å²) in [4.78, 5) is 15.6. The van der Waals surface area contributed by atoms with Crippen LogP contribution in [0.25, 0.3) is 100 Å². The molecule has 2 heterocycles. The lowest BCUT2D eigenvalue weighted by Gasteiger charge is -2.22. The average molecular weight is 754 g/mol. The molecule has 0 atom stereocenters. The molecule has 10 aromatic rings. The Balaban J connectivity index is 1.03. The molecule has 0 fully saturated rings. The van der Waals surface area contributed by atoms with Gasteiger partial charge in [0.2, 0.25) is 0 Å². The van der Waals surface area contributed by atoms with Gasteiger partial charge in [0.25, 0.3) is 0 Å². The molecule has 0 amide bonds. The van der Waals surface area contributed by atoms with Gasteiger partial charge in [-0.15, -0.1) is 0 Å². The van der Waals surface area contributed by atoms with Crippen molar-refractivity contribution in [2.45, 2.75) is 19.3 Å². The van der Waals surface area contributed by atoms with E-state index in [1.807, 2.05) is 12.1 Å². The summed E-state index contributed by atoms with van der Waals surface area (Å²) in [7, 11) is 0. The van der Waals surface area contributed by atoms with Gasteiger partial charge in [-0.2, -0.15) is 0 Å². The van der Waals surface area contributed by atoms with Crippen molar-refractivity contribution in [2.75, 3.05) is 0 Å². The first kappa shape index (κ1) is 34.7. The number of hydrogen-bond acceptors (Lipinski definition) is 3. The van der Waals surface area contributed by atoms with Gasteiger partial charge < -0.3 is 0 Å². The normalized spacial score (nSPS) is 12.7. The molecule has 2 aromatic heterocycles. The molecule has 1 aliphatic rings. The maximum absolute atomic E-state index is 5.43. The third-order valence-electron chi connectivity index (χ3n) is 12.1. The third kappa shape index (κ3) is 6.02. The molecule has 59 heavy (non-hydrogen) atoms. The number of hydrogen-bond donors (Lipinski definition) is 0. The molecule has 3 heteroatoms. The van der Waals surface area contributed by atoms with Crippen LogP contribution in [0.5, 0.6) is 0 Å². The third-order valence-corrected chi connectivity index (χ3v) is 12.1. The highest BCUT2D eigenvalue weighted by Crippen LogP contribution is 2.50. The van der Waals surface area contributed by atoms with Crippen LogP contribution in [0.15, 0.2) is 200 Å². The topological polar surface area (TPSA) is 38.7 Å². The quantitative estimate of drug-likeness (QED) is 0.170. The van der Waals surface area contributed by atoms with Gasteiger partial charge in [0.05, 0.1) is 22.6 Å². The van der Waals surface area contributed by atoms with Crippen molar-refractivity contribution in [1.82, 2.24) is 15.0 Å². The molecule has 0 N–H and O–H groups in total. The lowest BCUT2D eigenvalue weighted by atomic mass is 9.82. The molecule has 1 aliphatic carbocycles. The van der Waals surface area contributed by atoms with Crippen LogP contribution >= 0.6 is 0 Å². The highest BCUT2D eigenvalue weighted by molar-refractivity contribution is 6.04. The number of nitrogens with zero attached hydrogens (tertiary/aromatic N) is 3. The number of rotatable bonds is 6. The molecular weight excluding hydrogens is 715 g/mol.